The second-order valence-corrected chi connectivity index (χ2v) is 30.5. The van der Waals surface area contributed by atoms with E-state index in [0.29, 0.717) is 56.4 Å². The monoisotopic (exact) mass is 1510 g/mol. The predicted octanol–water partition coefficient (Wildman–Crippen LogP) is -2.30. The van der Waals surface area contributed by atoms with Gasteiger partial charge in [-0.15, -0.1) is 0 Å². The van der Waals surface area contributed by atoms with Gasteiger partial charge in [0.05, 0.1) is 53.7 Å². The van der Waals surface area contributed by atoms with E-state index in [2.05, 4.69) is 33.6 Å². The van der Waals surface area contributed by atoms with Gasteiger partial charge < -0.3 is 93.7 Å². The number of thiol groups is 1. The number of nitrogens with two attached hydrogens (primary N) is 6. The van der Waals surface area contributed by atoms with Crippen molar-refractivity contribution in [2.45, 2.75) is 202 Å². The summed E-state index contributed by atoms with van der Waals surface area (Å²) in [5, 5.41) is 40.4. The number of aromatic nitrogens is 2. The zero-order valence-corrected chi connectivity index (χ0v) is 64.8. The molecule has 0 spiro atoms. The molecule has 6 aliphatic rings. The van der Waals surface area contributed by atoms with Gasteiger partial charge in [0.2, 0.25) is 47.3 Å². The maximum atomic E-state index is 14.4. The number of aliphatic carboxylic acids is 1. The van der Waals surface area contributed by atoms with Gasteiger partial charge in [-0.2, -0.15) is 12.6 Å². The maximum Gasteiger partial charge on any atom is 1.00 e. The number of nitrogens with zero attached hydrogens (tertiary/aromatic N) is 5. The fourth-order valence-electron chi connectivity index (χ4n) is 15.9. The number of nitrogens with one attached hydrogen (secondary N) is 3. The molecular formula is C67H97CoN14NaO17PS-. The molecule has 1 radical (unpaired) electrons. The second kappa shape index (κ2) is 33.9. The average Bonchev–Trinajstić information content (AvgIpc) is 1.53. The number of carbonyl (C=O) groups excluding carboxylic acids is 9. The minimum Gasteiger partial charge on any atom is -0.756 e. The van der Waals surface area contributed by atoms with Crippen LogP contribution >= 0.6 is 20.5 Å². The van der Waals surface area contributed by atoms with Gasteiger partial charge in [0, 0.05) is 161 Å². The first-order chi connectivity index (χ1) is 46.4. The molecule has 17 N–H and O–H groups in total. The summed E-state index contributed by atoms with van der Waals surface area (Å²) >= 11 is 3.69. The number of phosphoric ester groups is 1. The number of carbonyl (C=O) groups is 9. The zero-order chi connectivity index (χ0) is 74.9. The number of phosphoric acid groups is 1. The van der Waals surface area contributed by atoms with E-state index in [1.165, 1.54) is 24.7 Å². The molecule has 8 rings (SSSR count). The number of hydrogen-bond acceptors (Lipinski definition) is 23. The van der Waals surface area contributed by atoms with E-state index < -0.39 is 161 Å². The van der Waals surface area contributed by atoms with Gasteiger partial charge in [0.25, 0.3) is 7.82 Å². The van der Waals surface area contributed by atoms with Gasteiger partial charge in [0.1, 0.15) is 18.3 Å². The molecule has 2 fully saturated rings. The largest absolute Gasteiger partial charge is 1.00 e. The molecule has 8 bridgehead atoms. The summed E-state index contributed by atoms with van der Waals surface area (Å²) in [4.78, 5) is 149. The van der Waals surface area contributed by atoms with Crippen LogP contribution in [0.2, 0.25) is 0 Å². The van der Waals surface area contributed by atoms with Crippen molar-refractivity contribution in [2.24, 2.45) is 94.7 Å². The molecule has 2 aromatic rings. The van der Waals surface area contributed by atoms with Gasteiger partial charge in [-0.05, 0) is 108 Å². The van der Waals surface area contributed by atoms with E-state index >= 15 is 0 Å². The van der Waals surface area contributed by atoms with Crippen molar-refractivity contribution in [3.8, 4) is 0 Å². The summed E-state index contributed by atoms with van der Waals surface area (Å²) in [6, 6.07) is 1.68. The van der Waals surface area contributed by atoms with Crippen LogP contribution in [-0.2, 0) is 78.3 Å². The number of aliphatic imine (C=N–C) groups is 3. The van der Waals surface area contributed by atoms with Crippen molar-refractivity contribution in [3.63, 3.8) is 0 Å². The molecule has 0 aliphatic carbocycles. The number of ether oxygens (including phenoxy) is 1. The fourth-order valence-corrected chi connectivity index (χ4v) is 17.2. The topological polar surface area (TPSA) is 532 Å². The Balaban J connectivity index is 0.00000145. The number of carboxylic acid groups (broad SMARTS) is 1. The molecule has 1 aromatic heterocycles. The van der Waals surface area contributed by atoms with Crippen molar-refractivity contribution < 1.29 is 128 Å². The van der Waals surface area contributed by atoms with Crippen LogP contribution in [0.1, 0.15) is 157 Å². The van der Waals surface area contributed by atoms with E-state index in [-0.39, 0.29) is 129 Å². The molecule has 1 aromatic carbocycles. The number of fused-ring (bicyclic) bond motifs is 7. The van der Waals surface area contributed by atoms with Gasteiger partial charge in [-0.3, -0.25) is 57.9 Å². The van der Waals surface area contributed by atoms with E-state index in [0.717, 1.165) is 11.1 Å². The first-order valence-corrected chi connectivity index (χ1v) is 35.3. The summed E-state index contributed by atoms with van der Waals surface area (Å²) in [5.74, 6) is -8.91. The van der Waals surface area contributed by atoms with Gasteiger partial charge in [0.15, 0.2) is 6.23 Å². The molecule has 559 valence electrons. The molecule has 0 saturated carbocycles. The molecule has 35 heteroatoms. The number of rotatable bonds is 29. The predicted molar refractivity (Wildman–Crippen MR) is 368 cm³/mol. The number of carboxylic acids is 1. The van der Waals surface area contributed by atoms with Crippen LogP contribution in [0.15, 0.2) is 67.8 Å². The molecule has 16 atom stereocenters. The Labute approximate surface area is 630 Å². The van der Waals surface area contributed by atoms with E-state index in [4.69, 9.17) is 63.2 Å². The first-order valence-electron chi connectivity index (χ1n) is 33.2. The third-order valence-electron chi connectivity index (χ3n) is 21.4. The number of hydrogen-bond donors (Lipinski definition) is 12. The summed E-state index contributed by atoms with van der Waals surface area (Å²) < 4.78 is 31.9. The number of aliphatic hydroxyl groups excluding tert-OH is 2. The van der Waals surface area contributed by atoms with E-state index in [1.807, 2.05) is 87.4 Å². The number of aliphatic hydroxyl groups is 2. The van der Waals surface area contributed by atoms with Crippen LogP contribution in [0, 0.1) is 59.2 Å². The molecular weight excluding hydrogens is 1420 g/mol. The Morgan fingerprint density at radius 1 is 0.824 bits per heavy atom. The number of allylic oxidation sites excluding steroid dienone is 6. The fraction of sp³-hybridized carbons (Fsp3) is 0.627. The van der Waals surface area contributed by atoms with Crippen LogP contribution in [0.4, 0.5) is 0 Å². The minimum atomic E-state index is -5.32. The number of aryl methyl sites for hydroxylation is 2. The standard InChI is InChI=1S/C62H90N13O14P.C5H9NO3S.Co.Na/c1-29-20-39-40(21-30(29)2)75(28-70-39)57-52(84)53(41(27-76)87-57)89-90(85,86)88-31(3)26-69-49(83)18-19-59(8)37(22-46(66)80)56-62(11)61(10,25-48(68)82)36(14-17-45(65)79)51(74-62)33(5)55-60(9,24-47(67)81)34(12-15-43(63)77)38(71-55)23-42-58(6,7)35(13-16-44(64)78)50(72-42)32(4)54(59)73-56;1-3(7)6-4(2-10)5(8)9;;/h20-21,23,28,31,34-37,41,52-53,56-57,71,76,84H,12-19,22,24-27H2,1-11H3,(H2,63,77)(H2,64,78)(H2,65,79)(H2,66,80)(H2,67,81)(H2,68,82)(H,69,83)(H,85,86);4,10H,2H2,1H3,(H,6,7)(H,8,9);;/q;;;+1/p-2/b38-23-,50-32-,55-33-;;;/t31?,34-,35-,36-,37?,41-,52-,53+,56?,57+,59-,60+,61+,62?;4-;;/m10../s1. The number of primary amides is 6. The van der Waals surface area contributed by atoms with Crippen LogP contribution in [0.5, 0.6) is 0 Å². The van der Waals surface area contributed by atoms with Crippen LogP contribution in [0.25, 0.3) is 11.0 Å². The third kappa shape index (κ3) is 18.2. The third-order valence-corrected chi connectivity index (χ3v) is 22.9. The normalized spacial score (nSPS) is 31.4. The summed E-state index contributed by atoms with van der Waals surface area (Å²) in [6.45, 7) is 20.3. The van der Waals surface area contributed by atoms with Gasteiger partial charge in [-0.1, -0.05) is 34.6 Å². The molecule has 8 amide bonds. The summed E-state index contributed by atoms with van der Waals surface area (Å²) in [6.07, 6.45) is -4.57. The average molecular weight is 1520 g/mol. The Hall–Kier alpha value is -6.20. The van der Waals surface area contributed by atoms with Crippen LogP contribution < -0.4 is 89.9 Å². The molecule has 102 heavy (non-hydrogen) atoms. The molecule has 2 saturated heterocycles. The quantitative estimate of drug-likeness (QED) is 0.0232. The van der Waals surface area contributed by atoms with Gasteiger partial charge in [-0.25, -0.2) is 4.98 Å². The molecule has 6 aliphatic heterocycles. The Morgan fingerprint density at radius 2 is 1.40 bits per heavy atom. The smallest absolute Gasteiger partial charge is 0.756 e. The zero-order valence-electron chi connectivity index (χ0n) is 60.0. The van der Waals surface area contributed by atoms with E-state index in [1.54, 1.807) is 0 Å². The second-order valence-electron chi connectivity index (χ2n) is 28.8. The number of benzene rings is 1. The maximum absolute atomic E-state index is 14.4. The van der Waals surface area contributed by atoms with Crippen molar-refractivity contribution in [1.29, 1.82) is 0 Å². The number of amides is 8. The Kier molecular flexibility index (Phi) is 28.7. The van der Waals surface area contributed by atoms with Crippen molar-refractivity contribution in [2.75, 3.05) is 18.9 Å². The number of imidazole rings is 1. The van der Waals surface area contributed by atoms with Gasteiger partial charge >= 0.3 is 29.6 Å². The SMILES string of the molecule is C/C1=C2N=C(/C=C3\N/C(=C(/C)C4=NC(C)(C5N=C1[C@](C)(CCC(=O)NCC(C)OP(=O)([O-])O[C@@H]1[C@@H](O)[C@@H](n6cnc7cc(C)c(C)cc76)O[C@@H]1CO)C5CC(N)=O)[C@@](C)(CC(N)=O)[C@@H]4CCC(N)=O)[C@@](C)(CC(N)=O)[C@@H]3CCC(N)=O)C(C)(C)[C@@H]/2CCC(N)=O.CC(=O)N[C@@H](CS)C(=O)[O-].[Co].[Na+]. The molecule has 31 nitrogen and oxygen atoms in total. The van der Waals surface area contributed by atoms with E-state index in [9.17, 15) is 67.9 Å². The van der Waals surface area contributed by atoms with Crippen molar-refractivity contribution in [1.82, 2.24) is 25.5 Å². The summed E-state index contributed by atoms with van der Waals surface area (Å²) in [5.41, 5.74) is 37.2. The Morgan fingerprint density at radius 3 is 1.93 bits per heavy atom. The Bertz CT molecular complexity index is 3880. The van der Waals surface area contributed by atoms with Crippen LogP contribution in [0.3, 0.4) is 0 Å². The van der Waals surface area contributed by atoms with Crippen LogP contribution in [-0.4, -0.2) is 151 Å². The molecule has 7 heterocycles. The van der Waals surface area contributed by atoms with Crippen molar-refractivity contribution >= 4 is 102 Å². The molecule has 5 unspecified atom stereocenters. The minimum absolute atomic E-state index is 0. The first kappa shape index (κ1) is 86.4. The summed E-state index contributed by atoms with van der Waals surface area (Å²) in [7, 11) is -5.32. The van der Waals surface area contributed by atoms with Crippen molar-refractivity contribution in [3.05, 3.63) is 63.9 Å².